The van der Waals surface area contributed by atoms with Crippen molar-refractivity contribution in [1.29, 1.82) is 0 Å². The molecule has 118 valence electrons. The van der Waals surface area contributed by atoms with Crippen LogP contribution in [0.2, 0.25) is 0 Å². The van der Waals surface area contributed by atoms with Gasteiger partial charge in [0.15, 0.2) is 0 Å². The minimum atomic E-state index is -4.44. The van der Waals surface area contributed by atoms with Crippen LogP contribution in [0.5, 0.6) is 0 Å². The summed E-state index contributed by atoms with van der Waals surface area (Å²) in [5.41, 5.74) is -1.23. The summed E-state index contributed by atoms with van der Waals surface area (Å²) >= 11 is 3.03. The first-order valence-electron chi connectivity index (χ1n) is 6.11. The Labute approximate surface area is 135 Å². The van der Waals surface area contributed by atoms with E-state index in [2.05, 4.69) is 26.6 Å². The Morgan fingerprint density at radius 2 is 2.05 bits per heavy atom. The Morgan fingerprint density at radius 3 is 2.57 bits per heavy atom. The summed E-state index contributed by atoms with van der Waals surface area (Å²) in [7, 11) is 0. The van der Waals surface area contributed by atoms with Gasteiger partial charge in [0.05, 0.1) is 11.0 Å². The molecule has 3 nitrogen and oxygen atoms in total. The van der Waals surface area contributed by atoms with Crippen molar-refractivity contribution < 1.29 is 18.0 Å². The van der Waals surface area contributed by atoms with E-state index in [0.717, 1.165) is 18.7 Å². The maximum absolute atomic E-state index is 12.7. The Morgan fingerprint density at radius 1 is 1.38 bits per heavy atom. The van der Waals surface area contributed by atoms with Crippen molar-refractivity contribution in [1.82, 2.24) is 5.32 Å². The molecule has 1 aromatic carbocycles. The summed E-state index contributed by atoms with van der Waals surface area (Å²) in [5.74, 6) is -0.270. The lowest BCUT2D eigenvalue weighted by Gasteiger charge is -2.22. The van der Waals surface area contributed by atoms with Crippen LogP contribution in [0, 0.1) is 5.41 Å². The number of nitrogens with one attached hydrogen (secondary N) is 2. The highest BCUT2D eigenvalue weighted by Crippen LogP contribution is 2.34. The molecule has 1 fully saturated rings. The predicted octanol–water partition coefficient (Wildman–Crippen LogP) is 3.83. The van der Waals surface area contributed by atoms with Crippen molar-refractivity contribution >= 4 is 39.9 Å². The largest absolute Gasteiger partial charge is 0.416 e. The zero-order valence-corrected chi connectivity index (χ0v) is 13.6. The quantitative estimate of drug-likeness (QED) is 0.810. The average molecular weight is 388 g/mol. The predicted molar refractivity (Wildman–Crippen MR) is 80.6 cm³/mol. The first-order chi connectivity index (χ1) is 9.21. The molecule has 0 bridgehead atoms. The molecule has 0 spiro atoms. The smallest absolute Gasteiger partial charge is 0.326 e. The lowest BCUT2D eigenvalue weighted by atomic mass is 9.88. The number of carbonyl (C=O) groups excluding carboxylic acids is 1. The minimum absolute atomic E-state index is 0. The van der Waals surface area contributed by atoms with Crippen LogP contribution in [0.3, 0.4) is 0 Å². The number of rotatable bonds is 2. The molecule has 0 saturated carbocycles. The zero-order chi connectivity index (χ0) is 15.0. The molecular weight excluding hydrogens is 373 g/mol. The van der Waals surface area contributed by atoms with Crippen LogP contribution in [0.4, 0.5) is 18.9 Å². The SMILES string of the molecule is CC1(C(=O)Nc2cc(Br)cc(C(F)(F)F)c2)CCNC1.Cl. The second-order valence-corrected chi connectivity index (χ2v) is 6.08. The Bertz CT molecular complexity index is 531. The number of alkyl halides is 3. The summed E-state index contributed by atoms with van der Waals surface area (Å²) in [6, 6.07) is 3.38. The molecule has 1 aliphatic rings. The molecule has 0 aliphatic carbocycles. The third-order valence-corrected chi connectivity index (χ3v) is 3.86. The Kier molecular flexibility index (Phi) is 5.69. The number of hydrogen-bond donors (Lipinski definition) is 2. The van der Waals surface area contributed by atoms with Gasteiger partial charge in [-0.3, -0.25) is 4.79 Å². The first-order valence-corrected chi connectivity index (χ1v) is 6.90. The molecule has 1 unspecified atom stereocenters. The van der Waals surface area contributed by atoms with Crippen LogP contribution in [-0.4, -0.2) is 19.0 Å². The van der Waals surface area contributed by atoms with Crippen molar-refractivity contribution in [3.8, 4) is 0 Å². The van der Waals surface area contributed by atoms with Crippen molar-refractivity contribution in [3.05, 3.63) is 28.2 Å². The van der Waals surface area contributed by atoms with E-state index in [1.807, 2.05) is 0 Å². The normalized spacial score (nSPS) is 21.8. The van der Waals surface area contributed by atoms with Gasteiger partial charge < -0.3 is 10.6 Å². The van der Waals surface area contributed by atoms with E-state index in [0.29, 0.717) is 13.0 Å². The van der Waals surface area contributed by atoms with Gasteiger partial charge in [0.1, 0.15) is 0 Å². The van der Waals surface area contributed by atoms with Crippen molar-refractivity contribution in [2.45, 2.75) is 19.5 Å². The molecule has 8 heteroatoms. The van der Waals surface area contributed by atoms with Crippen LogP contribution in [0.15, 0.2) is 22.7 Å². The maximum Gasteiger partial charge on any atom is 0.416 e. The summed E-state index contributed by atoms with van der Waals surface area (Å²) in [6.07, 6.45) is -3.78. The van der Waals surface area contributed by atoms with Gasteiger partial charge in [-0.1, -0.05) is 15.9 Å². The van der Waals surface area contributed by atoms with E-state index in [-0.39, 0.29) is 28.5 Å². The fourth-order valence-electron chi connectivity index (χ4n) is 2.12. The molecule has 1 aromatic rings. The molecule has 21 heavy (non-hydrogen) atoms. The van der Waals surface area contributed by atoms with Crippen molar-refractivity contribution in [3.63, 3.8) is 0 Å². The molecular formula is C13H15BrClF3N2O. The minimum Gasteiger partial charge on any atom is -0.326 e. The monoisotopic (exact) mass is 386 g/mol. The molecule has 1 heterocycles. The summed E-state index contributed by atoms with van der Waals surface area (Å²) in [5, 5.41) is 5.65. The lowest BCUT2D eigenvalue weighted by Crippen LogP contribution is -2.35. The van der Waals surface area contributed by atoms with Crippen molar-refractivity contribution in [2.24, 2.45) is 5.41 Å². The first kappa shape index (κ1) is 18.3. The summed E-state index contributed by atoms with van der Waals surface area (Å²) in [6.45, 7) is 3.06. The standard InChI is InChI=1S/C13H14BrF3N2O.ClH/c1-12(2-3-18-7-12)11(20)19-10-5-8(13(15,16)17)4-9(14)6-10;/h4-6,18H,2-3,7H2,1H3,(H,19,20);1H. The van der Waals surface area contributed by atoms with Gasteiger partial charge in [0.2, 0.25) is 5.91 Å². The molecule has 1 aliphatic heterocycles. The molecule has 2 rings (SSSR count). The second-order valence-electron chi connectivity index (χ2n) is 5.17. The highest BCUT2D eigenvalue weighted by Gasteiger charge is 2.37. The van der Waals surface area contributed by atoms with Crippen LogP contribution in [0.25, 0.3) is 0 Å². The highest BCUT2D eigenvalue weighted by atomic mass is 79.9. The summed E-state index contributed by atoms with van der Waals surface area (Å²) in [4.78, 5) is 12.2. The van der Waals surface area contributed by atoms with E-state index >= 15 is 0 Å². The van der Waals surface area contributed by atoms with E-state index in [1.165, 1.54) is 6.07 Å². The van der Waals surface area contributed by atoms with Gasteiger partial charge in [-0.15, -0.1) is 12.4 Å². The number of anilines is 1. The molecule has 0 radical (unpaired) electrons. The molecule has 1 amide bonds. The third kappa shape index (κ3) is 4.34. The Hall–Kier alpha value is -0.790. The summed E-state index contributed by atoms with van der Waals surface area (Å²) < 4.78 is 38.4. The number of benzene rings is 1. The van der Waals surface area contributed by atoms with E-state index < -0.39 is 17.2 Å². The average Bonchev–Trinajstić information content (AvgIpc) is 2.75. The number of halogens is 5. The number of amides is 1. The molecule has 0 aromatic heterocycles. The lowest BCUT2D eigenvalue weighted by molar-refractivity contribution is -0.137. The molecule has 1 atom stereocenters. The van der Waals surface area contributed by atoms with Crippen LogP contribution >= 0.6 is 28.3 Å². The zero-order valence-electron chi connectivity index (χ0n) is 11.2. The number of hydrogen-bond acceptors (Lipinski definition) is 2. The van der Waals surface area contributed by atoms with Crippen LogP contribution < -0.4 is 10.6 Å². The Balaban J connectivity index is 0.00000220. The molecule has 1 saturated heterocycles. The second kappa shape index (κ2) is 6.54. The maximum atomic E-state index is 12.7. The fraction of sp³-hybridized carbons (Fsp3) is 0.462. The van der Waals surface area contributed by atoms with Gasteiger partial charge in [-0.05, 0) is 38.1 Å². The topological polar surface area (TPSA) is 41.1 Å². The van der Waals surface area contributed by atoms with Gasteiger partial charge in [0, 0.05) is 16.7 Å². The fourth-order valence-corrected chi connectivity index (χ4v) is 2.61. The van der Waals surface area contributed by atoms with E-state index in [4.69, 9.17) is 0 Å². The van der Waals surface area contributed by atoms with Gasteiger partial charge in [0.25, 0.3) is 0 Å². The van der Waals surface area contributed by atoms with E-state index in [1.54, 1.807) is 6.92 Å². The van der Waals surface area contributed by atoms with Gasteiger partial charge in [-0.25, -0.2) is 0 Å². The van der Waals surface area contributed by atoms with E-state index in [9.17, 15) is 18.0 Å². The van der Waals surface area contributed by atoms with Crippen molar-refractivity contribution in [2.75, 3.05) is 18.4 Å². The third-order valence-electron chi connectivity index (χ3n) is 3.40. The number of carbonyl (C=O) groups is 1. The van der Waals surface area contributed by atoms with Crippen LogP contribution in [-0.2, 0) is 11.0 Å². The highest BCUT2D eigenvalue weighted by molar-refractivity contribution is 9.10. The van der Waals surface area contributed by atoms with Crippen LogP contribution in [0.1, 0.15) is 18.9 Å². The van der Waals surface area contributed by atoms with Gasteiger partial charge >= 0.3 is 6.18 Å². The molecule has 2 N–H and O–H groups in total. The van der Waals surface area contributed by atoms with Gasteiger partial charge in [-0.2, -0.15) is 13.2 Å².